The third-order valence-electron chi connectivity index (χ3n) is 6.10. The maximum Gasteiger partial charge on any atom is 0.257 e. The summed E-state index contributed by atoms with van der Waals surface area (Å²) in [6.07, 6.45) is 3.46. The number of carbonyl (C=O) groups excluding carboxylic acids is 1. The van der Waals surface area contributed by atoms with Crippen LogP contribution in [-0.2, 0) is 6.61 Å². The molecular weight excluding hydrogens is 422 g/mol. The number of benzene rings is 1. The van der Waals surface area contributed by atoms with Gasteiger partial charge in [-0.25, -0.2) is 15.0 Å². The highest BCUT2D eigenvalue weighted by atomic mass is 16.5. The van der Waals surface area contributed by atoms with Crippen molar-refractivity contribution in [1.29, 1.82) is 0 Å². The molecule has 10 heteroatoms. The first-order chi connectivity index (χ1) is 16.0. The van der Waals surface area contributed by atoms with Crippen molar-refractivity contribution in [3.63, 3.8) is 0 Å². The number of allylic oxidation sites excluding steroid dienone is 1. The lowest BCUT2D eigenvalue weighted by Crippen LogP contribution is -2.53. The van der Waals surface area contributed by atoms with Crippen LogP contribution >= 0.6 is 0 Å². The Bertz CT molecular complexity index is 1130. The third kappa shape index (κ3) is 4.04. The summed E-state index contributed by atoms with van der Waals surface area (Å²) in [5.74, 6) is 2.29. The second-order valence-electron chi connectivity index (χ2n) is 8.26. The number of fused-ring (bicyclic) bond motifs is 1. The van der Waals surface area contributed by atoms with Gasteiger partial charge in [-0.3, -0.25) is 10.2 Å². The SMILES string of the molecule is CC1=NC2N=CNN2C(N2CCN(C(=O)c3ccccc3OCc3c(C)noc3C)CC2)=C1. The van der Waals surface area contributed by atoms with E-state index in [1.54, 1.807) is 6.34 Å². The van der Waals surface area contributed by atoms with Gasteiger partial charge in [0.1, 0.15) is 30.3 Å². The number of piperazine rings is 1. The van der Waals surface area contributed by atoms with E-state index >= 15 is 0 Å². The van der Waals surface area contributed by atoms with E-state index in [1.165, 1.54) is 0 Å². The summed E-state index contributed by atoms with van der Waals surface area (Å²) < 4.78 is 11.2. The molecule has 1 atom stereocenters. The largest absolute Gasteiger partial charge is 0.488 e. The number of aromatic nitrogens is 1. The number of hydrogen-bond donors (Lipinski definition) is 1. The van der Waals surface area contributed by atoms with Crippen LogP contribution in [0.2, 0.25) is 0 Å². The monoisotopic (exact) mass is 449 g/mol. The molecule has 1 N–H and O–H groups in total. The zero-order valence-corrected chi connectivity index (χ0v) is 19.0. The number of ether oxygens (including phenoxy) is 1. The molecule has 0 radical (unpaired) electrons. The van der Waals surface area contributed by atoms with Gasteiger partial charge in [-0.2, -0.15) is 0 Å². The average Bonchev–Trinajstić information content (AvgIpc) is 3.43. The summed E-state index contributed by atoms with van der Waals surface area (Å²) in [4.78, 5) is 26.4. The number of aryl methyl sites for hydroxylation is 2. The van der Waals surface area contributed by atoms with Crippen LogP contribution in [0.25, 0.3) is 0 Å². The molecule has 1 aromatic carbocycles. The molecule has 0 spiro atoms. The standard InChI is InChI=1S/C23H27N7O3/c1-15-12-21(30-23(26-15)24-14-25-30)28-8-10-29(11-9-28)22(31)18-6-4-5-7-20(18)32-13-19-16(2)27-33-17(19)3/h4-7,12,14,23H,8-11,13H2,1-3H3,(H,24,25). The Labute approximate surface area is 192 Å². The van der Waals surface area contributed by atoms with Gasteiger partial charge in [0.25, 0.3) is 5.91 Å². The fraction of sp³-hybridized carbons (Fsp3) is 0.391. The highest BCUT2D eigenvalue weighted by Gasteiger charge is 2.32. The van der Waals surface area contributed by atoms with E-state index < -0.39 is 0 Å². The molecule has 5 rings (SSSR count). The minimum atomic E-state index is -0.258. The van der Waals surface area contributed by atoms with Crippen LogP contribution in [0.3, 0.4) is 0 Å². The molecule has 1 aromatic heterocycles. The maximum absolute atomic E-state index is 13.4. The summed E-state index contributed by atoms with van der Waals surface area (Å²) in [5.41, 5.74) is 6.35. The quantitative estimate of drug-likeness (QED) is 0.746. The minimum Gasteiger partial charge on any atom is -0.488 e. The summed E-state index contributed by atoms with van der Waals surface area (Å²) in [6, 6.07) is 7.38. The lowest BCUT2D eigenvalue weighted by atomic mass is 10.1. The molecule has 1 saturated heterocycles. The van der Waals surface area contributed by atoms with E-state index in [4.69, 9.17) is 9.26 Å². The average molecular weight is 450 g/mol. The molecule has 1 amide bonds. The first-order valence-corrected chi connectivity index (χ1v) is 11.0. The molecule has 0 bridgehead atoms. The molecule has 3 aliphatic heterocycles. The van der Waals surface area contributed by atoms with Gasteiger partial charge < -0.3 is 19.1 Å². The number of nitrogens with one attached hydrogen (secondary N) is 1. The smallest absolute Gasteiger partial charge is 0.257 e. The van der Waals surface area contributed by atoms with Crippen LogP contribution in [0.1, 0.15) is 34.3 Å². The molecule has 33 heavy (non-hydrogen) atoms. The zero-order chi connectivity index (χ0) is 22.9. The summed E-state index contributed by atoms with van der Waals surface area (Å²) in [7, 11) is 0. The molecular formula is C23H27N7O3. The van der Waals surface area contributed by atoms with Crippen molar-refractivity contribution < 1.29 is 14.1 Å². The molecule has 4 heterocycles. The number of carbonyl (C=O) groups is 1. The molecule has 0 saturated carbocycles. The highest BCUT2D eigenvalue weighted by molar-refractivity contribution is 5.97. The van der Waals surface area contributed by atoms with Crippen LogP contribution in [0.15, 0.2) is 50.7 Å². The Hall–Kier alpha value is -3.82. The van der Waals surface area contributed by atoms with Crippen molar-refractivity contribution in [3.8, 4) is 5.75 Å². The van der Waals surface area contributed by atoms with Gasteiger partial charge in [0.05, 0.1) is 16.8 Å². The maximum atomic E-state index is 13.4. The van der Waals surface area contributed by atoms with Crippen molar-refractivity contribution in [2.45, 2.75) is 33.7 Å². The van der Waals surface area contributed by atoms with Crippen molar-refractivity contribution >= 4 is 18.0 Å². The Morgan fingerprint density at radius 1 is 1.18 bits per heavy atom. The molecule has 1 unspecified atom stereocenters. The minimum absolute atomic E-state index is 0.0279. The van der Waals surface area contributed by atoms with Gasteiger partial charge in [-0.15, -0.1) is 0 Å². The number of hydrogen-bond acceptors (Lipinski definition) is 9. The highest BCUT2D eigenvalue weighted by Crippen LogP contribution is 2.25. The summed E-state index contributed by atoms with van der Waals surface area (Å²) in [5, 5.41) is 5.91. The predicted octanol–water partition coefficient (Wildman–Crippen LogP) is 2.08. The Morgan fingerprint density at radius 2 is 1.97 bits per heavy atom. The summed E-state index contributed by atoms with van der Waals surface area (Å²) in [6.45, 7) is 8.69. The number of nitrogens with zero attached hydrogens (tertiary/aromatic N) is 6. The van der Waals surface area contributed by atoms with Gasteiger partial charge >= 0.3 is 0 Å². The van der Waals surface area contributed by atoms with Crippen molar-refractivity contribution in [3.05, 3.63) is 58.7 Å². The third-order valence-corrected chi connectivity index (χ3v) is 6.10. The number of hydrazine groups is 1. The van der Waals surface area contributed by atoms with E-state index in [0.29, 0.717) is 31.0 Å². The van der Waals surface area contributed by atoms with Crippen LogP contribution in [0.4, 0.5) is 0 Å². The van der Waals surface area contributed by atoms with Crippen LogP contribution < -0.4 is 10.2 Å². The van der Waals surface area contributed by atoms with E-state index in [0.717, 1.165) is 41.6 Å². The van der Waals surface area contributed by atoms with Gasteiger partial charge in [-0.1, -0.05) is 17.3 Å². The molecule has 3 aliphatic rings. The Morgan fingerprint density at radius 3 is 2.73 bits per heavy atom. The lowest BCUT2D eigenvalue weighted by Gasteiger charge is -2.41. The summed E-state index contributed by atoms with van der Waals surface area (Å²) >= 11 is 0. The molecule has 1 fully saturated rings. The number of para-hydroxylation sites is 1. The normalized spacial score (nSPS) is 19.7. The Balaban J connectivity index is 1.25. The lowest BCUT2D eigenvalue weighted by molar-refractivity contribution is 0.0600. The number of amides is 1. The van der Waals surface area contributed by atoms with E-state index in [9.17, 15) is 4.79 Å². The van der Waals surface area contributed by atoms with Crippen molar-refractivity contribution in [1.82, 2.24) is 25.4 Å². The van der Waals surface area contributed by atoms with Crippen molar-refractivity contribution in [2.24, 2.45) is 9.98 Å². The van der Waals surface area contributed by atoms with Crippen molar-refractivity contribution in [2.75, 3.05) is 26.2 Å². The van der Waals surface area contributed by atoms with E-state index in [2.05, 4.69) is 25.5 Å². The van der Waals surface area contributed by atoms with Gasteiger partial charge in [0.2, 0.25) is 6.29 Å². The van der Waals surface area contributed by atoms with Crippen LogP contribution in [0, 0.1) is 13.8 Å². The first kappa shape index (κ1) is 21.0. The number of rotatable bonds is 5. The predicted molar refractivity (Wildman–Crippen MR) is 123 cm³/mol. The second-order valence-corrected chi connectivity index (χ2v) is 8.26. The second kappa shape index (κ2) is 8.61. The van der Waals surface area contributed by atoms with Gasteiger partial charge in [0.15, 0.2) is 0 Å². The fourth-order valence-electron chi connectivity index (χ4n) is 4.23. The molecule has 2 aromatic rings. The fourth-order valence-corrected chi connectivity index (χ4v) is 4.23. The topological polar surface area (TPSA) is 98.8 Å². The van der Waals surface area contributed by atoms with Crippen LogP contribution in [-0.4, -0.2) is 70.4 Å². The molecule has 10 nitrogen and oxygen atoms in total. The van der Waals surface area contributed by atoms with E-state index in [-0.39, 0.29) is 12.2 Å². The zero-order valence-electron chi connectivity index (χ0n) is 19.0. The van der Waals surface area contributed by atoms with E-state index in [1.807, 2.05) is 61.0 Å². The Kier molecular flexibility index (Phi) is 5.49. The van der Waals surface area contributed by atoms with Crippen LogP contribution in [0.5, 0.6) is 5.75 Å². The van der Waals surface area contributed by atoms with Gasteiger partial charge in [0, 0.05) is 38.0 Å². The van der Waals surface area contributed by atoms with Gasteiger partial charge in [-0.05, 0) is 32.9 Å². The molecule has 172 valence electrons. The first-order valence-electron chi connectivity index (χ1n) is 11.0. The molecule has 0 aliphatic carbocycles. The number of aliphatic imine (C=N–C) groups is 2.